The van der Waals surface area contributed by atoms with Gasteiger partial charge in [-0.15, -0.1) is 0 Å². The summed E-state index contributed by atoms with van der Waals surface area (Å²) >= 11 is 3.42. The van der Waals surface area contributed by atoms with Crippen LogP contribution in [-0.4, -0.2) is 18.9 Å². The number of carbonyl (C=O) groups is 1. The Kier molecular flexibility index (Phi) is 4.42. The van der Waals surface area contributed by atoms with Gasteiger partial charge < -0.3 is 9.47 Å². The lowest BCUT2D eigenvalue weighted by Gasteiger charge is -2.03. The van der Waals surface area contributed by atoms with Crippen molar-refractivity contribution in [2.75, 3.05) is 6.79 Å². The molecule has 0 aromatic heterocycles. The molecule has 0 atom stereocenters. The zero-order valence-electron chi connectivity index (χ0n) is 10.8. The number of ether oxygens (including phenoxy) is 2. The molecule has 0 radical (unpaired) electrons. The number of fused-ring (bicyclic) bond motifs is 1. The molecule has 0 saturated heterocycles. The Balaban J connectivity index is 2.01. The number of carbonyl (C=O) groups excluding carboxylic acids is 1. The summed E-state index contributed by atoms with van der Waals surface area (Å²) in [6, 6.07) is 3.63. The summed E-state index contributed by atoms with van der Waals surface area (Å²) in [7, 11) is 0. The van der Waals surface area contributed by atoms with E-state index in [4.69, 9.17) is 9.47 Å². The highest BCUT2D eigenvalue weighted by Crippen LogP contribution is 2.36. The molecule has 0 saturated carbocycles. The normalized spacial score (nSPS) is 13.3. The van der Waals surface area contributed by atoms with Gasteiger partial charge in [0.2, 0.25) is 12.7 Å². The van der Waals surface area contributed by atoms with E-state index in [1.807, 2.05) is 26.0 Å². The molecule has 1 aromatic rings. The van der Waals surface area contributed by atoms with Crippen molar-refractivity contribution in [2.24, 2.45) is 11.0 Å². The maximum atomic E-state index is 11.4. The highest BCUT2D eigenvalue weighted by Gasteiger charge is 2.15. The molecule has 1 N–H and O–H groups in total. The number of nitrogens with one attached hydrogen (secondary N) is 1. The first-order chi connectivity index (χ1) is 9.06. The van der Waals surface area contributed by atoms with Gasteiger partial charge >= 0.3 is 0 Å². The minimum atomic E-state index is -0.0943. The van der Waals surface area contributed by atoms with Gasteiger partial charge in [-0.1, -0.05) is 13.8 Å². The first kappa shape index (κ1) is 13.9. The second-order valence-electron chi connectivity index (χ2n) is 4.62. The Morgan fingerprint density at radius 1 is 1.47 bits per heavy atom. The number of nitrogens with zero attached hydrogens (tertiary/aromatic N) is 1. The van der Waals surface area contributed by atoms with E-state index in [0.717, 1.165) is 10.0 Å². The summed E-state index contributed by atoms with van der Waals surface area (Å²) in [5.41, 5.74) is 3.31. The van der Waals surface area contributed by atoms with Crippen molar-refractivity contribution in [3.63, 3.8) is 0 Å². The van der Waals surface area contributed by atoms with Gasteiger partial charge in [-0.3, -0.25) is 4.79 Å². The molecular weight excluding hydrogens is 312 g/mol. The third-order valence-corrected chi connectivity index (χ3v) is 3.17. The molecular formula is C13H15BrN2O3. The topological polar surface area (TPSA) is 59.9 Å². The molecule has 19 heavy (non-hydrogen) atoms. The van der Waals surface area contributed by atoms with Crippen LogP contribution in [0, 0.1) is 5.92 Å². The summed E-state index contributed by atoms with van der Waals surface area (Å²) in [6.45, 7) is 4.20. The minimum Gasteiger partial charge on any atom is -0.454 e. The maximum absolute atomic E-state index is 11.4. The monoisotopic (exact) mass is 326 g/mol. The number of hydrazone groups is 1. The lowest BCUT2D eigenvalue weighted by Crippen LogP contribution is -2.19. The summed E-state index contributed by atoms with van der Waals surface area (Å²) in [4.78, 5) is 11.4. The van der Waals surface area contributed by atoms with Crippen molar-refractivity contribution in [1.82, 2.24) is 5.43 Å². The predicted octanol–water partition coefficient (Wildman–Crippen LogP) is 2.67. The fourth-order valence-electron chi connectivity index (χ4n) is 1.62. The summed E-state index contributed by atoms with van der Waals surface area (Å²) in [5, 5.41) is 3.93. The number of rotatable bonds is 4. The first-order valence-corrected chi connectivity index (χ1v) is 6.76. The Labute approximate surface area is 120 Å². The van der Waals surface area contributed by atoms with Crippen LogP contribution in [0.5, 0.6) is 11.5 Å². The summed E-state index contributed by atoms with van der Waals surface area (Å²) in [6.07, 6.45) is 2.03. The van der Waals surface area contributed by atoms with E-state index in [-0.39, 0.29) is 12.7 Å². The van der Waals surface area contributed by atoms with Crippen LogP contribution in [0.15, 0.2) is 21.7 Å². The van der Waals surface area contributed by atoms with Crippen molar-refractivity contribution >= 4 is 28.1 Å². The van der Waals surface area contributed by atoms with E-state index in [0.29, 0.717) is 23.8 Å². The second kappa shape index (κ2) is 6.06. The van der Waals surface area contributed by atoms with E-state index >= 15 is 0 Å². The molecule has 6 heteroatoms. The number of halogens is 1. The third kappa shape index (κ3) is 3.70. The number of benzene rings is 1. The van der Waals surface area contributed by atoms with E-state index in [9.17, 15) is 4.79 Å². The van der Waals surface area contributed by atoms with Gasteiger partial charge in [0, 0.05) is 16.5 Å². The first-order valence-electron chi connectivity index (χ1n) is 5.97. The molecule has 0 spiro atoms. The van der Waals surface area contributed by atoms with Crippen LogP contribution in [0.2, 0.25) is 0 Å². The molecule has 0 fully saturated rings. The molecule has 1 heterocycles. The zero-order valence-corrected chi connectivity index (χ0v) is 12.4. The molecule has 0 unspecified atom stereocenters. The molecule has 1 amide bonds. The molecule has 5 nitrogen and oxygen atoms in total. The number of hydrogen-bond acceptors (Lipinski definition) is 4. The fourth-order valence-corrected chi connectivity index (χ4v) is 2.05. The van der Waals surface area contributed by atoms with Crippen LogP contribution in [0.3, 0.4) is 0 Å². The lowest BCUT2D eigenvalue weighted by molar-refractivity contribution is -0.121. The molecule has 0 aliphatic carbocycles. The van der Waals surface area contributed by atoms with Gasteiger partial charge in [-0.2, -0.15) is 5.10 Å². The fraction of sp³-hybridized carbons (Fsp3) is 0.385. The smallest absolute Gasteiger partial charge is 0.240 e. The quantitative estimate of drug-likeness (QED) is 0.683. The van der Waals surface area contributed by atoms with E-state index in [1.165, 1.54) is 0 Å². The Hall–Kier alpha value is -1.56. The zero-order chi connectivity index (χ0) is 13.8. The van der Waals surface area contributed by atoms with Crippen molar-refractivity contribution in [3.05, 3.63) is 22.2 Å². The molecule has 1 aliphatic rings. The van der Waals surface area contributed by atoms with Crippen LogP contribution < -0.4 is 14.9 Å². The Morgan fingerprint density at radius 3 is 2.84 bits per heavy atom. The molecule has 102 valence electrons. The van der Waals surface area contributed by atoms with Crippen molar-refractivity contribution in [1.29, 1.82) is 0 Å². The van der Waals surface area contributed by atoms with Crippen molar-refractivity contribution < 1.29 is 14.3 Å². The highest BCUT2D eigenvalue weighted by molar-refractivity contribution is 9.10. The van der Waals surface area contributed by atoms with Crippen molar-refractivity contribution in [3.8, 4) is 11.5 Å². The lowest BCUT2D eigenvalue weighted by atomic mass is 10.1. The van der Waals surface area contributed by atoms with Crippen LogP contribution in [0.25, 0.3) is 0 Å². The average Bonchev–Trinajstić information content (AvgIpc) is 2.75. The van der Waals surface area contributed by atoms with Crippen LogP contribution in [0.1, 0.15) is 25.8 Å². The van der Waals surface area contributed by atoms with Gasteiger partial charge in [-0.25, -0.2) is 5.43 Å². The molecule has 1 aromatic carbocycles. The van der Waals surface area contributed by atoms with E-state index in [2.05, 4.69) is 26.5 Å². The van der Waals surface area contributed by atoms with E-state index < -0.39 is 0 Å². The number of amides is 1. The largest absolute Gasteiger partial charge is 0.454 e. The van der Waals surface area contributed by atoms with Crippen LogP contribution in [-0.2, 0) is 4.79 Å². The Bertz CT molecular complexity index is 515. The minimum absolute atomic E-state index is 0.0943. The predicted molar refractivity (Wildman–Crippen MR) is 75.5 cm³/mol. The number of hydrogen-bond donors (Lipinski definition) is 1. The van der Waals surface area contributed by atoms with Crippen LogP contribution >= 0.6 is 15.9 Å². The van der Waals surface area contributed by atoms with Crippen LogP contribution in [0.4, 0.5) is 0 Å². The second-order valence-corrected chi connectivity index (χ2v) is 5.47. The Morgan fingerprint density at radius 2 is 2.16 bits per heavy atom. The molecule has 1 aliphatic heterocycles. The van der Waals surface area contributed by atoms with Gasteiger partial charge in [0.25, 0.3) is 0 Å². The SMILES string of the molecule is CC(C)CC(=O)NN=Cc1cc2c(cc1Br)OCO2. The molecule has 2 rings (SSSR count). The van der Waals surface area contributed by atoms with Gasteiger partial charge in [0.1, 0.15) is 0 Å². The van der Waals surface area contributed by atoms with Gasteiger partial charge in [-0.05, 0) is 34.0 Å². The summed E-state index contributed by atoms with van der Waals surface area (Å²) < 4.78 is 11.4. The van der Waals surface area contributed by atoms with E-state index in [1.54, 1.807) is 6.21 Å². The van der Waals surface area contributed by atoms with Gasteiger partial charge in [0.05, 0.1) is 6.21 Å². The third-order valence-electron chi connectivity index (χ3n) is 2.48. The standard InChI is InChI=1S/C13H15BrN2O3/c1-8(2)3-13(17)16-15-6-9-4-11-12(5-10(9)14)19-7-18-11/h4-6,8H,3,7H2,1-2H3,(H,16,17). The average molecular weight is 327 g/mol. The summed E-state index contributed by atoms with van der Waals surface area (Å²) in [5.74, 6) is 1.60. The van der Waals surface area contributed by atoms with Crippen molar-refractivity contribution in [2.45, 2.75) is 20.3 Å². The molecule has 0 bridgehead atoms. The maximum Gasteiger partial charge on any atom is 0.240 e. The van der Waals surface area contributed by atoms with Gasteiger partial charge in [0.15, 0.2) is 11.5 Å². The highest BCUT2D eigenvalue weighted by atomic mass is 79.9.